The maximum Gasteiger partial charge on any atom is 0.154 e. The quantitative estimate of drug-likeness (QED) is 0.195. The Labute approximate surface area is 28.0 Å². The van der Waals surface area contributed by atoms with E-state index in [1.54, 1.807) is 4.75 Å². The van der Waals surface area contributed by atoms with Crippen LogP contribution in [0.2, 0.25) is 0 Å². The van der Waals surface area contributed by atoms with E-state index in [1.165, 1.54) is 0 Å². The van der Waals surface area contributed by atoms with Gasteiger partial charge in [-0.3, -0.25) is 0 Å². The summed E-state index contributed by atoms with van der Waals surface area (Å²) < 4.78 is 1.75. The van der Waals surface area contributed by atoms with Gasteiger partial charge in [-0.05, 0) is 0 Å². The SMILES string of the molecule is O=[O+][O-].[N].[O]. The fourth-order valence-corrected chi connectivity index (χ4v) is 0. The molecule has 0 heterocycles. The zero-order valence-corrected chi connectivity index (χ0v) is 2.08. The van der Waals surface area contributed by atoms with Crippen LogP contribution >= 0.6 is 0 Å². The second-order valence-corrected chi connectivity index (χ2v) is 0.0680. The predicted molar refractivity (Wildman–Crippen MR) is 9.55 cm³/mol. The summed E-state index contributed by atoms with van der Waals surface area (Å²) in [7, 11) is 0. The molecule has 5 heavy (non-hydrogen) atoms. The molecule has 0 aliphatic rings. The van der Waals surface area contributed by atoms with Crippen LogP contribution < -0.4 is 11.4 Å². The van der Waals surface area contributed by atoms with Crippen LogP contribution in [-0.2, 0) is 5.48 Å². The Kier molecular flexibility index (Phi) is 954. The fraction of sp³-hybridized carbons (Fsp3) is 0. The second kappa shape index (κ2) is 175. The molecule has 5 radical (unpaired) electrons. The average Bonchev–Trinajstić information content (AvgIpc) is 0.918. The molecule has 0 aromatic heterocycles. The van der Waals surface area contributed by atoms with Gasteiger partial charge in [0.1, 0.15) is 0 Å². The van der Waals surface area contributed by atoms with Crippen LogP contribution in [0.5, 0.6) is 0 Å². The Morgan fingerprint density at radius 2 is 1.60 bits per heavy atom. The summed E-state index contributed by atoms with van der Waals surface area (Å²) in [6.45, 7) is 0. The normalized spacial score (nSPS) is 2.40. The average molecular weight is 78.0 g/mol. The molecule has 29 valence electrons. The lowest BCUT2D eigenvalue weighted by atomic mass is 14.0. The molecule has 5 heteroatoms. The maximum absolute atomic E-state index is 7.88. The van der Waals surface area contributed by atoms with Crippen LogP contribution in [-0.4, -0.2) is 0 Å². The summed E-state index contributed by atoms with van der Waals surface area (Å²) in [5.41, 5.74) is 0. The van der Waals surface area contributed by atoms with Crippen LogP contribution in [0.3, 0.4) is 0 Å². The summed E-state index contributed by atoms with van der Waals surface area (Å²) in [6, 6.07) is 0. The van der Waals surface area contributed by atoms with E-state index in [1.807, 2.05) is 0 Å². The summed E-state index contributed by atoms with van der Waals surface area (Å²) in [5.74, 6) is 0. The molecule has 0 aliphatic carbocycles. The molecule has 0 amide bonds. The molecule has 0 saturated carbocycles. The van der Waals surface area contributed by atoms with Crippen molar-refractivity contribution in [2.75, 3.05) is 0 Å². The predicted octanol–water partition coefficient (Wildman–Crippen LogP) is -1.72. The van der Waals surface area contributed by atoms with Crippen molar-refractivity contribution in [3.63, 3.8) is 0 Å². The van der Waals surface area contributed by atoms with Gasteiger partial charge in [-0.1, -0.05) is 10.2 Å². The molecule has 0 aromatic carbocycles. The summed E-state index contributed by atoms with van der Waals surface area (Å²) in [5, 5.41) is 7.88. The monoisotopic (exact) mass is 78.0 g/mol. The second-order valence-electron chi connectivity index (χ2n) is 0.0680. The van der Waals surface area contributed by atoms with E-state index in [0.717, 1.165) is 0 Å². The van der Waals surface area contributed by atoms with Gasteiger partial charge in [-0.25, -0.2) is 0 Å². The van der Waals surface area contributed by atoms with Gasteiger partial charge < -0.3 is 0 Å². The molecule has 0 N–H and O–H groups in total. The van der Waals surface area contributed by atoms with Gasteiger partial charge in [0, 0.05) is 11.6 Å². The minimum Gasteiger partial charge on any atom is -0.0772 e. The highest BCUT2D eigenvalue weighted by molar-refractivity contribution is 4.20. The van der Waals surface area contributed by atoms with E-state index in [4.69, 9.17) is 10.2 Å². The first-order valence-electron chi connectivity index (χ1n) is 0.333. The van der Waals surface area contributed by atoms with Crippen LogP contribution in [0.1, 0.15) is 0 Å². The molecule has 0 aromatic rings. The molecule has 0 rings (SSSR count). The number of hydrogen-bond acceptors (Lipinski definition) is 2. The third kappa shape index (κ3) is 12.5. The van der Waals surface area contributed by atoms with Gasteiger partial charge in [0.25, 0.3) is 0 Å². The van der Waals surface area contributed by atoms with Gasteiger partial charge in [0.15, 0.2) is 4.75 Å². The smallest absolute Gasteiger partial charge is 0.0772 e. The maximum atomic E-state index is 7.88. The molecular weight excluding hydrogens is 78.0 g/mol. The Bertz CT molecular complexity index is 11.1. The highest BCUT2D eigenvalue weighted by Gasteiger charge is 1.27. The molecule has 0 spiro atoms. The van der Waals surface area contributed by atoms with Crippen molar-refractivity contribution in [1.29, 1.82) is 0 Å². The van der Waals surface area contributed by atoms with E-state index < -0.39 is 0 Å². The first-order valence-corrected chi connectivity index (χ1v) is 0.333. The summed E-state index contributed by atoms with van der Waals surface area (Å²) in [6.07, 6.45) is 0. The largest absolute Gasteiger partial charge is 0.154 e. The minimum absolute atomic E-state index is 0. The lowest BCUT2D eigenvalue weighted by molar-refractivity contribution is -0.284. The summed E-state index contributed by atoms with van der Waals surface area (Å²) >= 11 is 0. The third-order valence-corrected chi connectivity index (χ3v) is 0. The zero-order valence-electron chi connectivity index (χ0n) is 2.08. The lowest BCUT2D eigenvalue weighted by Crippen LogP contribution is -1.82. The fourth-order valence-electron chi connectivity index (χ4n) is 0. The molecule has 0 saturated heterocycles. The van der Waals surface area contributed by atoms with E-state index >= 15 is 0 Å². The molecule has 0 aliphatic heterocycles. The van der Waals surface area contributed by atoms with Crippen molar-refractivity contribution in [1.82, 2.24) is 6.15 Å². The van der Waals surface area contributed by atoms with Gasteiger partial charge >= 0.3 is 0 Å². The number of rotatable bonds is 0. The Hall–Kier alpha value is -0.680. The molecule has 0 fully saturated rings. The van der Waals surface area contributed by atoms with Gasteiger partial charge in [-0.15, -0.1) is 0 Å². The van der Waals surface area contributed by atoms with Gasteiger partial charge in [-0.2, -0.15) is 0 Å². The van der Waals surface area contributed by atoms with E-state index in [-0.39, 0.29) is 11.6 Å². The van der Waals surface area contributed by atoms with Crippen LogP contribution in [0.25, 0.3) is 0 Å². The molecule has 0 atom stereocenters. The van der Waals surface area contributed by atoms with E-state index in [2.05, 4.69) is 0 Å². The van der Waals surface area contributed by atoms with Crippen molar-refractivity contribution in [3.05, 3.63) is 9.71 Å². The number of hydrogen-bond donors (Lipinski definition) is 0. The Morgan fingerprint density at radius 1 is 1.60 bits per heavy atom. The highest BCUT2D eigenvalue weighted by Crippen LogP contribution is 1.00. The van der Waals surface area contributed by atoms with Gasteiger partial charge in [0.05, 0.1) is 0 Å². The van der Waals surface area contributed by atoms with Crippen molar-refractivity contribution < 1.29 is 10.7 Å². The molecular formula is NO4. The molecule has 0 bridgehead atoms. The van der Waals surface area contributed by atoms with Gasteiger partial charge in [0.2, 0.25) is 0 Å². The first-order chi connectivity index (χ1) is 1.41. The van der Waals surface area contributed by atoms with Crippen LogP contribution in [0.15, 0.2) is 0 Å². The molecule has 5 nitrogen and oxygen atoms in total. The molecule has 0 unspecified atom stereocenters. The summed E-state index contributed by atoms with van der Waals surface area (Å²) in [4.78, 5) is 7.88. The standard InChI is InChI=1S/N.O3.O/c;1-3-2;. The first kappa shape index (κ1) is 27.3. The van der Waals surface area contributed by atoms with Crippen molar-refractivity contribution >= 4 is 0 Å². The van der Waals surface area contributed by atoms with Crippen molar-refractivity contribution in [3.8, 4) is 0 Å². The van der Waals surface area contributed by atoms with Crippen molar-refractivity contribution in [2.45, 2.75) is 0 Å². The van der Waals surface area contributed by atoms with Crippen molar-refractivity contribution in [2.24, 2.45) is 0 Å². The highest BCUT2D eigenvalue weighted by atomic mass is 17.2. The van der Waals surface area contributed by atoms with Crippen LogP contribution in [0, 0.1) is 9.71 Å². The lowest BCUT2D eigenvalue weighted by Gasteiger charge is -1.19. The minimum atomic E-state index is 0. The van der Waals surface area contributed by atoms with E-state index in [0.29, 0.717) is 0 Å². The Morgan fingerprint density at radius 3 is 1.60 bits per heavy atom. The van der Waals surface area contributed by atoms with Crippen LogP contribution in [0.4, 0.5) is 0 Å². The topological polar surface area (TPSA) is 110 Å². The Balaban J connectivity index is -0.0000000200. The third-order valence-electron chi connectivity index (χ3n) is 0. The zero-order chi connectivity index (χ0) is 2.71. The van der Waals surface area contributed by atoms with E-state index in [9.17, 15) is 0 Å². The number of nitrogens with zero attached hydrogens (tertiary/aromatic N) is 1.